The molecule has 4 N–H and O–H groups in total. The molecule has 0 saturated heterocycles. The number of aryl methyl sites for hydroxylation is 1. The molecular weight excluding hydrogens is 457 g/mol. The second-order valence-corrected chi connectivity index (χ2v) is 9.23. The minimum absolute atomic E-state index is 0.0147. The number of carbonyl (C=O) groups excluding carboxylic acids is 1. The molecule has 1 atom stereocenters. The van der Waals surface area contributed by atoms with E-state index in [4.69, 9.17) is 24.7 Å². The monoisotopic (exact) mass is 487 g/mol. The fourth-order valence-corrected chi connectivity index (χ4v) is 3.83. The highest BCUT2D eigenvalue weighted by Gasteiger charge is 2.21. The number of unbranched alkanes of at least 4 members (excludes halogenated alkanes) is 2. The van der Waals surface area contributed by atoms with Gasteiger partial charge in [0.15, 0.2) is 5.78 Å². The molecule has 0 saturated carbocycles. The topological polar surface area (TPSA) is 132 Å². The van der Waals surface area contributed by atoms with Gasteiger partial charge in [-0.05, 0) is 61.1 Å². The number of hydrogen-bond acceptors (Lipinski definition) is 6. The number of ether oxygens (including phenoxy) is 1. The van der Waals surface area contributed by atoms with Gasteiger partial charge in [0.1, 0.15) is 11.5 Å². The minimum Gasteiger partial charge on any atom is -0.493 e. The summed E-state index contributed by atoms with van der Waals surface area (Å²) in [5.41, 5.74) is 8.45. The third-order valence-corrected chi connectivity index (χ3v) is 5.74. The maximum absolute atomic E-state index is 12.4. The van der Waals surface area contributed by atoms with Crippen molar-refractivity contribution < 1.29 is 32.8 Å². The van der Waals surface area contributed by atoms with Gasteiger partial charge in [0.2, 0.25) is 0 Å². The summed E-state index contributed by atoms with van der Waals surface area (Å²) in [5.74, 6) is 0.872. The number of benzene rings is 2. The summed E-state index contributed by atoms with van der Waals surface area (Å²) >= 11 is 0. The van der Waals surface area contributed by atoms with Crippen molar-refractivity contribution in [1.29, 1.82) is 0 Å². The molecule has 0 amide bonds. The number of rotatable bonds is 14. The van der Waals surface area contributed by atoms with Gasteiger partial charge in [0.25, 0.3) is 0 Å². The molecule has 0 aliphatic rings. The second-order valence-electron chi connectivity index (χ2n) is 7.99. The van der Waals surface area contributed by atoms with Gasteiger partial charge in [-0.2, -0.15) is 0 Å². The average molecular weight is 487 g/mol. The van der Waals surface area contributed by atoms with Gasteiger partial charge in [-0.1, -0.05) is 36.4 Å². The van der Waals surface area contributed by atoms with E-state index in [1.165, 1.54) is 5.56 Å². The molecule has 8 nitrogen and oxygen atoms in total. The molecule has 0 radical (unpaired) electrons. The molecule has 9 heteroatoms. The van der Waals surface area contributed by atoms with Crippen LogP contribution in [-0.4, -0.2) is 34.8 Å². The lowest BCUT2D eigenvalue weighted by Gasteiger charge is -2.14. The Kier molecular flexibility index (Phi) is 9.62. The van der Waals surface area contributed by atoms with Crippen molar-refractivity contribution in [3.8, 4) is 17.1 Å². The maximum Gasteiger partial charge on any atom is 0.469 e. The smallest absolute Gasteiger partial charge is 0.469 e. The van der Waals surface area contributed by atoms with Crippen LogP contribution in [0, 0.1) is 0 Å². The number of ketones is 1. The Morgan fingerprint density at radius 3 is 2.50 bits per heavy atom. The lowest BCUT2D eigenvalue weighted by molar-refractivity contribution is -0.120. The van der Waals surface area contributed by atoms with Crippen molar-refractivity contribution in [2.24, 2.45) is 5.73 Å². The highest BCUT2D eigenvalue weighted by atomic mass is 31.2. The van der Waals surface area contributed by atoms with Gasteiger partial charge >= 0.3 is 7.82 Å². The Balaban J connectivity index is 1.55. The number of carbonyl (C=O) groups is 1. The van der Waals surface area contributed by atoms with E-state index in [1.807, 2.05) is 12.1 Å². The van der Waals surface area contributed by atoms with Crippen molar-refractivity contribution in [2.75, 3.05) is 13.2 Å². The zero-order valence-electron chi connectivity index (χ0n) is 18.8. The van der Waals surface area contributed by atoms with E-state index in [0.29, 0.717) is 23.7 Å². The molecule has 1 heterocycles. The van der Waals surface area contributed by atoms with Crippen LogP contribution >= 0.6 is 7.82 Å². The second kappa shape index (κ2) is 12.6. The first-order valence-corrected chi connectivity index (χ1v) is 12.7. The van der Waals surface area contributed by atoms with E-state index in [9.17, 15) is 9.36 Å². The third-order valence-electron chi connectivity index (χ3n) is 5.25. The standard InChI is InChI=1S/C25H30NO7P/c26-22(18-33-34(28,29)30)23(27)17-20-12-13-25(21(16-20)24-11-7-15-32-24)31-14-6-2-5-10-19-8-3-1-4-9-19/h1,3-4,7-9,11-13,15-16,22H,2,5-6,10,14,17-18,26H2,(H2,28,29,30)/t22-/m0/s1. The fourth-order valence-electron chi connectivity index (χ4n) is 3.47. The Morgan fingerprint density at radius 1 is 1.00 bits per heavy atom. The zero-order valence-corrected chi connectivity index (χ0v) is 19.7. The number of nitrogens with two attached hydrogens (primary N) is 1. The number of phosphoric ester groups is 1. The lowest BCUT2D eigenvalue weighted by Crippen LogP contribution is -2.36. The van der Waals surface area contributed by atoms with Gasteiger partial charge in [-0.15, -0.1) is 0 Å². The summed E-state index contributed by atoms with van der Waals surface area (Å²) in [7, 11) is -4.68. The first-order valence-electron chi connectivity index (χ1n) is 11.1. The first-order chi connectivity index (χ1) is 16.3. The summed E-state index contributed by atoms with van der Waals surface area (Å²) in [6.45, 7) is 0.00494. The summed E-state index contributed by atoms with van der Waals surface area (Å²) in [6, 6.07) is 18.2. The number of furan rings is 1. The molecule has 2 aromatic carbocycles. The molecule has 0 spiro atoms. The van der Waals surface area contributed by atoms with Gasteiger partial charge in [0, 0.05) is 6.42 Å². The molecular formula is C25H30NO7P. The quantitative estimate of drug-likeness (QED) is 0.227. The van der Waals surface area contributed by atoms with E-state index < -0.39 is 26.3 Å². The molecule has 34 heavy (non-hydrogen) atoms. The third kappa shape index (κ3) is 8.56. The zero-order chi connectivity index (χ0) is 24.4. The Labute approximate surface area is 198 Å². The van der Waals surface area contributed by atoms with Crippen LogP contribution in [0.5, 0.6) is 5.75 Å². The van der Waals surface area contributed by atoms with E-state index in [1.54, 1.807) is 30.5 Å². The number of Topliss-reactive ketones (excluding diaryl/α,β-unsaturated/α-hetero) is 1. The van der Waals surface area contributed by atoms with E-state index in [0.717, 1.165) is 31.2 Å². The molecule has 3 rings (SSSR count). The average Bonchev–Trinajstić information content (AvgIpc) is 3.35. The van der Waals surface area contributed by atoms with Crippen molar-refractivity contribution in [3.63, 3.8) is 0 Å². The van der Waals surface area contributed by atoms with Crippen LogP contribution in [0.15, 0.2) is 71.3 Å². The van der Waals surface area contributed by atoms with E-state index in [2.05, 4.69) is 28.8 Å². The largest absolute Gasteiger partial charge is 0.493 e. The molecule has 0 aliphatic heterocycles. The van der Waals surface area contributed by atoms with Gasteiger partial charge in [-0.25, -0.2) is 4.57 Å². The normalized spacial score (nSPS) is 12.4. The van der Waals surface area contributed by atoms with Crippen molar-refractivity contribution >= 4 is 13.6 Å². The Morgan fingerprint density at radius 2 is 1.79 bits per heavy atom. The molecule has 182 valence electrons. The minimum atomic E-state index is -4.68. The van der Waals surface area contributed by atoms with Crippen molar-refractivity contribution in [3.05, 3.63) is 78.1 Å². The lowest BCUT2D eigenvalue weighted by atomic mass is 10.0. The highest BCUT2D eigenvalue weighted by Crippen LogP contribution is 2.36. The van der Waals surface area contributed by atoms with Gasteiger partial charge in [-0.3, -0.25) is 9.32 Å². The van der Waals surface area contributed by atoms with Crippen LogP contribution in [-0.2, 0) is 26.7 Å². The van der Waals surface area contributed by atoms with Gasteiger partial charge < -0.3 is 24.7 Å². The fraction of sp³-hybridized carbons (Fsp3) is 0.320. The molecule has 0 bridgehead atoms. The molecule has 1 aromatic heterocycles. The maximum atomic E-state index is 12.4. The van der Waals surface area contributed by atoms with Crippen molar-refractivity contribution in [1.82, 2.24) is 0 Å². The molecule has 3 aromatic rings. The van der Waals surface area contributed by atoms with Gasteiger partial charge in [0.05, 0.1) is 31.1 Å². The summed E-state index contributed by atoms with van der Waals surface area (Å²) < 4.78 is 26.7. The number of hydrogen-bond donors (Lipinski definition) is 3. The SMILES string of the molecule is N[C@@H](COP(=O)(O)O)C(=O)Cc1ccc(OCCCCCc2ccccc2)c(-c2ccco2)c1. The van der Waals surface area contributed by atoms with E-state index in [-0.39, 0.29) is 6.42 Å². The predicted octanol–water partition coefficient (Wildman–Crippen LogP) is 4.29. The van der Waals surface area contributed by atoms with Crippen LogP contribution in [0.2, 0.25) is 0 Å². The van der Waals surface area contributed by atoms with Crippen LogP contribution in [0.4, 0.5) is 0 Å². The summed E-state index contributed by atoms with van der Waals surface area (Å²) in [5, 5.41) is 0. The van der Waals surface area contributed by atoms with Crippen LogP contribution in [0.3, 0.4) is 0 Å². The molecule has 0 unspecified atom stereocenters. The Bertz CT molecular complexity index is 1080. The Hall–Kier alpha value is -2.74. The van der Waals surface area contributed by atoms with Crippen LogP contribution < -0.4 is 10.5 Å². The number of phosphoric acid groups is 1. The van der Waals surface area contributed by atoms with Crippen molar-refractivity contribution in [2.45, 2.75) is 38.1 Å². The molecule has 0 aliphatic carbocycles. The van der Waals surface area contributed by atoms with E-state index >= 15 is 0 Å². The summed E-state index contributed by atoms with van der Waals surface area (Å²) in [4.78, 5) is 29.9. The first kappa shape index (κ1) is 25.9. The van der Waals surface area contributed by atoms with Crippen LogP contribution in [0.1, 0.15) is 30.4 Å². The van der Waals surface area contributed by atoms with Crippen LogP contribution in [0.25, 0.3) is 11.3 Å². The molecule has 0 fully saturated rings. The highest BCUT2D eigenvalue weighted by molar-refractivity contribution is 7.46. The predicted molar refractivity (Wildman–Crippen MR) is 128 cm³/mol. The summed E-state index contributed by atoms with van der Waals surface area (Å²) in [6.07, 6.45) is 5.65.